The van der Waals surface area contributed by atoms with E-state index in [1.54, 1.807) is 0 Å². The van der Waals surface area contributed by atoms with Crippen LogP contribution in [0.2, 0.25) is 0 Å². The van der Waals surface area contributed by atoms with Gasteiger partial charge < -0.3 is 14.2 Å². The topological polar surface area (TPSA) is 78.9 Å². The van der Waals surface area contributed by atoms with Crippen molar-refractivity contribution in [3.05, 3.63) is 48.6 Å². The summed E-state index contributed by atoms with van der Waals surface area (Å²) in [4.78, 5) is 38.1. The lowest BCUT2D eigenvalue weighted by atomic mass is 10.0. The summed E-state index contributed by atoms with van der Waals surface area (Å²) < 4.78 is 16.9. The van der Waals surface area contributed by atoms with Gasteiger partial charge in [0.15, 0.2) is 6.10 Å². The summed E-state index contributed by atoms with van der Waals surface area (Å²) in [5, 5.41) is 0. The Morgan fingerprint density at radius 2 is 0.474 bits per heavy atom. The van der Waals surface area contributed by atoms with E-state index in [4.69, 9.17) is 14.2 Å². The Labute approximate surface area is 473 Å². The van der Waals surface area contributed by atoms with E-state index in [1.165, 1.54) is 244 Å². The number of hydrogen-bond acceptors (Lipinski definition) is 6. The number of carbonyl (C=O) groups is 3. The fourth-order valence-corrected chi connectivity index (χ4v) is 9.98. The van der Waals surface area contributed by atoms with Crippen LogP contribution in [0.5, 0.6) is 0 Å². The van der Waals surface area contributed by atoms with Crippen molar-refractivity contribution in [1.82, 2.24) is 0 Å². The van der Waals surface area contributed by atoms with Gasteiger partial charge >= 0.3 is 17.9 Å². The largest absolute Gasteiger partial charge is 0.462 e. The van der Waals surface area contributed by atoms with Crippen LogP contribution < -0.4 is 0 Å². The molecule has 6 nitrogen and oxygen atoms in total. The first kappa shape index (κ1) is 73.4. The molecule has 1 unspecified atom stereocenters. The Morgan fingerprint density at radius 3 is 0.776 bits per heavy atom. The zero-order valence-corrected chi connectivity index (χ0v) is 51.0. The molecule has 76 heavy (non-hydrogen) atoms. The van der Waals surface area contributed by atoms with Crippen LogP contribution in [0.3, 0.4) is 0 Å². The molecule has 0 heterocycles. The van der Waals surface area contributed by atoms with Crippen LogP contribution in [0.25, 0.3) is 0 Å². The van der Waals surface area contributed by atoms with Crippen LogP contribution in [0.15, 0.2) is 48.6 Å². The molecule has 0 aliphatic heterocycles. The van der Waals surface area contributed by atoms with Crippen molar-refractivity contribution in [3.8, 4) is 0 Å². The van der Waals surface area contributed by atoms with Gasteiger partial charge in [-0.15, -0.1) is 0 Å². The van der Waals surface area contributed by atoms with E-state index in [2.05, 4.69) is 69.4 Å². The van der Waals surface area contributed by atoms with Crippen LogP contribution in [0.1, 0.15) is 361 Å². The average Bonchev–Trinajstić information content (AvgIpc) is 3.42. The minimum atomic E-state index is -0.776. The molecule has 0 radical (unpaired) electrons. The summed E-state index contributed by atoms with van der Waals surface area (Å²) in [7, 11) is 0. The maximum Gasteiger partial charge on any atom is 0.306 e. The minimum Gasteiger partial charge on any atom is -0.462 e. The highest BCUT2D eigenvalue weighted by Crippen LogP contribution is 2.18. The van der Waals surface area contributed by atoms with Crippen molar-refractivity contribution in [1.29, 1.82) is 0 Å². The van der Waals surface area contributed by atoms with Gasteiger partial charge in [-0.1, -0.05) is 307 Å². The molecule has 0 spiro atoms. The maximum atomic E-state index is 12.9. The molecule has 0 N–H and O–H groups in total. The molecular weight excluding hydrogens is 937 g/mol. The van der Waals surface area contributed by atoms with Crippen molar-refractivity contribution in [2.75, 3.05) is 13.2 Å². The third-order valence-electron chi connectivity index (χ3n) is 15.1. The van der Waals surface area contributed by atoms with Gasteiger partial charge in [-0.05, 0) is 83.5 Å². The van der Waals surface area contributed by atoms with Gasteiger partial charge in [-0.2, -0.15) is 0 Å². The summed E-state index contributed by atoms with van der Waals surface area (Å²) in [6.45, 7) is 6.62. The third-order valence-corrected chi connectivity index (χ3v) is 15.1. The highest BCUT2D eigenvalue weighted by atomic mass is 16.6. The number of hydrogen-bond donors (Lipinski definition) is 0. The number of carbonyl (C=O) groups excluding carboxylic acids is 3. The normalized spacial score (nSPS) is 12.3. The van der Waals surface area contributed by atoms with E-state index < -0.39 is 6.10 Å². The molecule has 0 amide bonds. The van der Waals surface area contributed by atoms with Crippen LogP contribution in [-0.2, 0) is 28.6 Å². The lowest BCUT2D eigenvalue weighted by Gasteiger charge is -2.18. The predicted octanol–water partition coefficient (Wildman–Crippen LogP) is 22.9. The fraction of sp³-hybridized carbons (Fsp3) is 0.843. The van der Waals surface area contributed by atoms with E-state index in [9.17, 15) is 14.4 Å². The molecule has 0 aromatic heterocycles. The monoisotopic (exact) mass is 1060 g/mol. The van der Waals surface area contributed by atoms with Crippen LogP contribution in [0, 0.1) is 0 Å². The summed E-state index contributed by atoms with van der Waals surface area (Å²) in [6, 6.07) is 0. The second-order valence-corrected chi connectivity index (χ2v) is 22.7. The molecule has 0 aromatic rings. The molecule has 0 bridgehead atoms. The molecule has 0 aliphatic carbocycles. The highest BCUT2D eigenvalue weighted by Gasteiger charge is 2.19. The molecule has 444 valence electrons. The van der Waals surface area contributed by atoms with Gasteiger partial charge in [0, 0.05) is 19.3 Å². The Hall–Kier alpha value is -2.63. The first-order chi connectivity index (χ1) is 37.5. The molecule has 0 aromatic carbocycles. The Bertz CT molecular complexity index is 1310. The van der Waals surface area contributed by atoms with Crippen molar-refractivity contribution < 1.29 is 28.6 Å². The van der Waals surface area contributed by atoms with E-state index in [1.807, 2.05) is 0 Å². The van der Waals surface area contributed by atoms with Gasteiger partial charge in [0.2, 0.25) is 0 Å². The molecule has 1 atom stereocenters. The van der Waals surface area contributed by atoms with Gasteiger partial charge in [0.05, 0.1) is 0 Å². The Balaban J connectivity index is 4.06. The van der Waals surface area contributed by atoms with Gasteiger partial charge in [0.1, 0.15) is 13.2 Å². The predicted molar refractivity (Wildman–Crippen MR) is 330 cm³/mol. The first-order valence-electron chi connectivity index (χ1n) is 33.6. The number of ether oxygens (including phenoxy) is 3. The Kier molecular flexibility index (Phi) is 62.6. The van der Waals surface area contributed by atoms with E-state index in [0.29, 0.717) is 19.3 Å². The third kappa shape index (κ3) is 62.2. The second kappa shape index (κ2) is 64.9. The summed E-state index contributed by atoms with van der Waals surface area (Å²) in [5.41, 5.74) is 0. The van der Waals surface area contributed by atoms with Gasteiger partial charge in [-0.3, -0.25) is 14.4 Å². The number of unbranched alkanes of at least 4 members (excludes halogenated alkanes) is 43. The molecule has 0 saturated heterocycles. The van der Waals surface area contributed by atoms with Crippen molar-refractivity contribution in [2.24, 2.45) is 0 Å². The molecule has 6 heteroatoms. The Morgan fingerprint density at radius 1 is 0.263 bits per heavy atom. The molecule has 0 rings (SSSR count). The first-order valence-corrected chi connectivity index (χ1v) is 33.6. The highest BCUT2D eigenvalue weighted by molar-refractivity contribution is 5.71. The lowest BCUT2D eigenvalue weighted by Crippen LogP contribution is -2.30. The standard InChI is InChI=1S/C70H128O6/c1-4-7-10-13-16-19-21-23-25-27-29-30-31-32-33-34-35-36-37-38-39-40-42-43-45-47-49-51-54-57-60-63-69(72)75-66-67(65-74-68(71)62-59-56-53-18-15-12-9-6-3)76-70(73)64-61-58-55-52-50-48-46-44-41-28-26-24-22-20-17-14-11-8-5-2/h17,20,24,26-27,29,41,44,67H,4-16,18-19,21-23,25,28,30-40,42-43,45-66H2,1-3H3/b20-17-,26-24-,29-27-,44-41-. The maximum absolute atomic E-state index is 12.9. The smallest absolute Gasteiger partial charge is 0.306 e. The molecular formula is C70H128O6. The molecule has 0 saturated carbocycles. The van der Waals surface area contributed by atoms with E-state index in [-0.39, 0.29) is 31.1 Å². The second-order valence-electron chi connectivity index (χ2n) is 22.7. The summed E-state index contributed by atoms with van der Waals surface area (Å²) in [6.07, 6.45) is 81.6. The molecule has 0 aliphatic rings. The van der Waals surface area contributed by atoms with Crippen molar-refractivity contribution in [2.45, 2.75) is 367 Å². The fourth-order valence-electron chi connectivity index (χ4n) is 9.98. The van der Waals surface area contributed by atoms with Crippen molar-refractivity contribution >= 4 is 17.9 Å². The van der Waals surface area contributed by atoms with Gasteiger partial charge in [0.25, 0.3) is 0 Å². The average molecular weight is 1070 g/mol. The van der Waals surface area contributed by atoms with E-state index >= 15 is 0 Å². The zero-order chi connectivity index (χ0) is 55.0. The number of rotatable bonds is 62. The van der Waals surface area contributed by atoms with Crippen LogP contribution >= 0.6 is 0 Å². The van der Waals surface area contributed by atoms with E-state index in [0.717, 1.165) is 77.0 Å². The molecule has 0 fully saturated rings. The summed E-state index contributed by atoms with van der Waals surface area (Å²) in [5.74, 6) is -0.872. The SMILES string of the molecule is CCCCC/C=C\C/C=C\C/C=C\CCCCCCCCC(=O)OC(COC(=O)CCCCCCCCCC)COC(=O)CCCCCCCCCCCCCCCCCCCCC/C=C\CCCCCCCCCC. The number of esters is 3. The van der Waals surface area contributed by atoms with Crippen LogP contribution in [0.4, 0.5) is 0 Å². The summed E-state index contributed by atoms with van der Waals surface area (Å²) >= 11 is 0. The van der Waals surface area contributed by atoms with Crippen molar-refractivity contribution in [3.63, 3.8) is 0 Å². The van der Waals surface area contributed by atoms with Crippen LogP contribution in [-0.4, -0.2) is 37.2 Å². The lowest BCUT2D eigenvalue weighted by molar-refractivity contribution is -0.167. The zero-order valence-electron chi connectivity index (χ0n) is 51.0. The number of allylic oxidation sites excluding steroid dienone is 8. The minimum absolute atomic E-state index is 0.0745. The van der Waals surface area contributed by atoms with Gasteiger partial charge in [-0.25, -0.2) is 0 Å². The quantitative estimate of drug-likeness (QED) is 0.0261.